The number of fused-ring (bicyclic) bond motifs is 1. The Morgan fingerprint density at radius 2 is 1.81 bits per heavy atom. The number of carbonyl (C=O) groups excluding carboxylic acids is 3. The molecule has 0 saturated heterocycles. The number of methoxy groups -OCH3 is 2. The second-order valence-electron chi connectivity index (χ2n) is 9.11. The summed E-state index contributed by atoms with van der Waals surface area (Å²) in [4.78, 5) is 42.2. The SMILES string of the molecule is COCC(=O)N1C[C@H](C)[C@H](OC)CN(C)C(=O)c2cc(NC(=O)c3ccccc3)ccc2OC[C@@H]1C. The number of nitrogens with one attached hydrogen (secondary N) is 1. The number of anilines is 1. The summed E-state index contributed by atoms with van der Waals surface area (Å²) in [6, 6.07) is 13.5. The minimum Gasteiger partial charge on any atom is -0.491 e. The van der Waals surface area contributed by atoms with Crippen LogP contribution in [0.2, 0.25) is 0 Å². The maximum atomic E-state index is 13.5. The van der Waals surface area contributed by atoms with Crippen LogP contribution in [0.5, 0.6) is 5.75 Å². The Morgan fingerprint density at radius 1 is 1.08 bits per heavy atom. The third-order valence-corrected chi connectivity index (χ3v) is 6.33. The summed E-state index contributed by atoms with van der Waals surface area (Å²) in [6.45, 7) is 4.79. The first-order valence-corrected chi connectivity index (χ1v) is 11.9. The summed E-state index contributed by atoms with van der Waals surface area (Å²) < 4.78 is 16.8. The molecule has 0 aromatic heterocycles. The topological polar surface area (TPSA) is 97.4 Å². The molecule has 2 aromatic carbocycles. The molecule has 3 amide bonds. The molecule has 3 atom stereocenters. The van der Waals surface area contributed by atoms with Gasteiger partial charge in [-0.25, -0.2) is 0 Å². The van der Waals surface area contributed by atoms with Gasteiger partial charge in [0, 0.05) is 51.5 Å². The van der Waals surface area contributed by atoms with Crippen molar-refractivity contribution < 1.29 is 28.6 Å². The largest absolute Gasteiger partial charge is 0.491 e. The van der Waals surface area contributed by atoms with Gasteiger partial charge < -0.3 is 29.3 Å². The van der Waals surface area contributed by atoms with Crippen LogP contribution in [-0.2, 0) is 14.3 Å². The number of amides is 3. The van der Waals surface area contributed by atoms with E-state index in [0.29, 0.717) is 35.7 Å². The number of rotatable bonds is 5. The van der Waals surface area contributed by atoms with E-state index < -0.39 is 0 Å². The van der Waals surface area contributed by atoms with Crippen LogP contribution < -0.4 is 10.1 Å². The maximum Gasteiger partial charge on any atom is 0.257 e. The molecule has 3 rings (SSSR count). The number of carbonyl (C=O) groups is 3. The molecule has 2 aromatic rings. The third kappa shape index (κ3) is 6.61. The highest BCUT2D eigenvalue weighted by atomic mass is 16.5. The summed E-state index contributed by atoms with van der Waals surface area (Å²) in [7, 11) is 4.79. The fourth-order valence-electron chi connectivity index (χ4n) is 4.20. The van der Waals surface area contributed by atoms with Gasteiger partial charge >= 0.3 is 0 Å². The van der Waals surface area contributed by atoms with E-state index in [1.165, 1.54) is 7.11 Å². The molecule has 0 radical (unpaired) electrons. The highest BCUT2D eigenvalue weighted by Gasteiger charge is 2.30. The van der Waals surface area contributed by atoms with Crippen molar-refractivity contribution >= 4 is 23.4 Å². The predicted octanol–water partition coefficient (Wildman–Crippen LogP) is 2.92. The number of nitrogens with zero attached hydrogens (tertiary/aromatic N) is 2. The van der Waals surface area contributed by atoms with E-state index in [0.717, 1.165) is 0 Å². The summed E-state index contributed by atoms with van der Waals surface area (Å²) in [6.07, 6.45) is -0.297. The molecule has 0 aliphatic carbocycles. The van der Waals surface area contributed by atoms with Gasteiger partial charge in [-0.3, -0.25) is 14.4 Å². The Labute approximate surface area is 212 Å². The van der Waals surface area contributed by atoms with Gasteiger partial charge in [-0.1, -0.05) is 25.1 Å². The third-order valence-electron chi connectivity index (χ3n) is 6.33. The average molecular weight is 498 g/mol. The van der Waals surface area contributed by atoms with Gasteiger partial charge in [-0.2, -0.15) is 0 Å². The molecular weight excluding hydrogens is 462 g/mol. The molecule has 1 aliphatic rings. The number of hydrogen-bond acceptors (Lipinski definition) is 6. The number of benzene rings is 2. The Balaban J connectivity index is 1.93. The number of hydrogen-bond donors (Lipinski definition) is 1. The van der Waals surface area contributed by atoms with Crippen LogP contribution in [0.4, 0.5) is 5.69 Å². The first-order chi connectivity index (χ1) is 17.2. The number of likely N-dealkylation sites (N-methyl/N-ethyl adjacent to an activating group) is 1. The second kappa shape index (κ2) is 12.5. The van der Waals surface area contributed by atoms with E-state index in [2.05, 4.69) is 5.32 Å². The molecule has 9 heteroatoms. The fourth-order valence-corrected chi connectivity index (χ4v) is 4.20. The Hall–Kier alpha value is -3.43. The molecule has 0 spiro atoms. The molecule has 194 valence electrons. The van der Waals surface area contributed by atoms with Crippen molar-refractivity contribution in [1.29, 1.82) is 0 Å². The van der Waals surface area contributed by atoms with Gasteiger partial charge in [0.2, 0.25) is 5.91 Å². The zero-order valence-electron chi connectivity index (χ0n) is 21.5. The van der Waals surface area contributed by atoms with Crippen LogP contribution in [0.25, 0.3) is 0 Å². The van der Waals surface area contributed by atoms with Gasteiger partial charge in [0.15, 0.2) is 0 Å². The Morgan fingerprint density at radius 3 is 2.47 bits per heavy atom. The van der Waals surface area contributed by atoms with E-state index in [4.69, 9.17) is 14.2 Å². The highest BCUT2D eigenvalue weighted by Crippen LogP contribution is 2.27. The lowest BCUT2D eigenvalue weighted by Crippen LogP contribution is -2.49. The zero-order chi connectivity index (χ0) is 26.2. The second-order valence-corrected chi connectivity index (χ2v) is 9.11. The molecule has 0 bridgehead atoms. The molecule has 1 heterocycles. The van der Waals surface area contributed by atoms with Crippen molar-refractivity contribution in [2.45, 2.75) is 26.0 Å². The Bertz CT molecular complexity index is 1060. The van der Waals surface area contributed by atoms with E-state index in [1.54, 1.807) is 66.4 Å². The first kappa shape index (κ1) is 27.2. The van der Waals surface area contributed by atoms with Crippen LogP contribution in [0.15, 0.2) is 48.5 Å². The fraction of sp³-hybridized carbons (Fsp3) is 0.444. The lowest BCUT2D eigenvalue weighted by atomic mass is 10.0. The minimum atomic E-state index is -0.297. The van der Waals surface area contributed by atoms with Crippen LogP contribution in [0.1, 0.15) is 34.6 Å². The van der Waals surface area contributed by atoms with Gasteiger partial charge in [-0.05, 0) is 37.3 Å². The van der Waals surface area contributed by atoms with E-state index in [-0.39, 0.29) is 49.0 Å². The molecule has 0 unspecified atom stereocenters. The zero-order valence-corrected chi connectivity index (χ0v) is 21.5. The summed E-state index contributed by atoms with van der Waals surface area (Å²) in [5.74, 6) is -0.353. The Kier molecular flexibility index (Phi) is 9.44. The van der Waals surface area contributed by atoms with Gasteiger partial charge in [0.05, 0.1) is 17.7 Å². The quantitative estimate of drug-likeness (QED) is 0.682. The minimum absolute atomic E-state index is 0.0336. The van der Waals surface area contributed by atoms with Crippen LogP contribution in [0, 0.1) is 5.92 Å². The van der Waals surface area contributed by atoms with Crippen molar-refractivity contribution in [3.8, 4) is 5.75 Å². The van der Waals surface area contributed by atoms with Crippen LogP contribution in [0.3, 0.4) is 0 Å². The standard InChI is InChI=1S/C27H35N3O6/c1-18-14-30(25(31)17-34-4)19(2)16-36-23-12-11-21(28-26(32)20-9-7-6-8-10-20)13-22(23)27(33)29(3)15-24(18)35-5/h6-13,18-19,24H,14-17H2,1-5H3,(H,28,32)/t18-,19-,24+/m0/s1. The predicted molar refractivity (Wildman–Crippen MR) is 136 cm³/mol. The first-order valence-electron chi connectivity index (χ1n) is 11.9. The van der Waals surface area contributed by atoms with Crippen molar-refractivity contribution in [3.05, 3.63) is 59.7 Å². The summed E-state index contributed by atoms with van der Waals surface area (Å²) in [5.41, 5.74) is 1.30. The average Bonchev–Trinajstić information content (AvgIpc) is 2.88. The molecular formula is C27H35N3O6. The maximum absolute atomic E-state index is 13.5. The van der Waals surface area contributed by atoms with E-state index >= 15 is 0 Å². The van der Waals surface area contributed by atoms with Crippen LogP contribution in [-0.4, -0.2) is 87.2 Å². The van der Waals surface area contributed by atoms with E-state index in [1.807, 2.05) is 19.9 Å². The van der Waals surface area contributed by atoms with Crippen molar-refractivity contribution in [3.63, 3.8) is 0 Å². The van der Waals surface area contributed by atoms with Crippen molar-refractivity contribution in [2.24, 2.45) is 5.92 Å². The van der Waals surface area contributed by atoms with Crippen LogP contribution >= 0.6 is 0 Å². The van der Waals surface area contributed by atoms with Crippen molar-refractivity contribution in [1.82, 2.24) is 9.80 Å². The van der Waals surface area contributed by atoms with Gasteiger partial charge in [-0.15, -0.1) is 0 Å². The molecule has 1 N–H and O–H groups in total. The lowest BCUT2D eigenvalue weighted by Gasteiger charge is -2.36. The normalized spacial score (nSPS) is 21.0. The van der Waals surface area contributed by atoms with Gasteiger partial charge in [0.25, 0.3) is 11.8 Å². The molecule has 1 aliphatic heterocycles. The lowest BCUT2D eigenvalue weighted by molar-refractivity contribution is -0.139. The summed E-state index contributed by atoms with van der Waals surface area (Å²) >= 11 is 0. The smallest absolute Gasteiger partial charge is 0.257 e. The molecule has 0 saturated carbocycles. The van der Waals surface area contributed by atoms with Gasteiger partial charge in [0.1, 0.15) is 19.0 Å². The molecule has 36 heavy (non-hydrogen) atoms. The van der Waals surface area contributed by atoms with E-state index in [9.17, 15) is 14.4 Å². The number of ether oxygens (including phenoxy) is 3. The molecule has 9 nitrogen and oxygen atoms in total. The molecule has 0 fully saturated rings. The highest BCUT2D eigenvalue weighted by molar-refractivity contribution is 6.05. The van der Waals surface area contributed by atoms with Crippen molar-refractivity contribution in [2.75, 3.05) is 52.9 Å². The monoisotopic (exact) mass is 497 g/mol. The summed E-state index contributed by atoms with van der Waals surface area (Å²) in [5, 5.41) is 2.85.